The molecule has 0 saturated carbocycles. The predicted octanol–water partition coefficient (Wildman–Crippen LogP) is 2.69. The minimum atomic E-state index is -1.23. The first-order chi connectivity index (χ1) is 5.43. The van der Waals surface area contributed by atoms with Crippen molar-refractivity contribution >= 4 is 8.24 Å². The van der Waals surface area contributed by atoms with Crippen LogP contribution in [0.3, 0.4) is 0 Å². The molecule has 0 radical (unpaired) electrons. The first-order valence-electron chi connectivity index (χ1n) is 4.46. The molecule has 68 valence electrons. The van der Waals surface area contributed by atoms with Gasteiger partial charge in [-0.15, -0.1) is 0 Å². The Morgan fingerprint density at radius 3 is 2.25 bits per heavy atom. The van der Waals surface area contributed by atoms with Crippen molar-refractivity contribution in [3.05, 3.63) is 18.2 Å². The molecule has 12 heavy (non-hydrogen) atoms. The molecule has 0 spiro atoms. The highest BCUT2D eigenvalue weighted by molar-refractivity contribution is 6.74. The maximum absolute atomic E-state index is 4.38. The second-order valence-electron chi connectivity index (χ2n) is 4.48. The van der Waals surface area contributed by atoms with E-state index in [0.717, 1.165) is 0 Å². The summed E-state index contributed by atoms with van der Waals surface area (Å²) in [7, 11) is -1.23. The van der Waals surface area contributed by atoms with Crippen LogP contribution in [0, 0.1) is 0 Å². The molecule has 0 N–H and O–H groups in total. The van der Waals surface area contributed by atoms with Gasteiger partial charge in [0.2, 0.25) is 0 Å². The van der Waals surface area contributed by atoms with Crippen LogP contribution in [-0.4, -0.2) is 17.5 Å². The molecule has 0 bridgehead atoms. The van der Waals surface area contributed by atoms with Crippen molar-refractivity contribution in [2.24, 2.45) is 0 Å². The monoisotopic (exact) mass is 182 g/mol. The number of rotatable bonds is 2. The molecule has 0 unspecified atom stereocenters. The lowest BCUT2D eigenvalue weighted by molar-refractivity contribution is 0.766. The van der Waals surface area contributed by atoms with Gasteiger partial charge in [-0.25, -0.2) is 4.98 Å². The summed E-state index contributed by atoms with van der Waals surface area (Å²) < 4.78 is 2.37. The Hall–Kier alpha value is -0.573. The van der Waals surface area contributed by atoms with Crippen LogP contribution in [0.4, 0.5) is 0 Å². The van der Waals surface area contributed by atoms with E-state index < -0.39 is 8.24 Å². The largest absolute Gasteiger partial charge is 0.362 e. The molecular formula is C9H18N2Si. The van der Waals surface area contributed by atoms with E-state index in [2.05, 4.69) is 48.9 Å². The average molecular weight is 182 g/mol. The molecule has 1 aromatic heterocycles. The molecule has 0 fully saturated rings. The number of nitrogens with zero attached hydrogens (tertiary/aromatic N) is 2. The van der Waals surface area contributed by atoms with Crippen molar-refractivity contribution in [3.63, 3.8) is 0 Å². The van der Waals surface area contributed by atoms with Crippen molar-refractivity contribution < 1.29 is 0 Å². The first-order valence-corrected chi connectivity index (χ1v) is 7.91. The van der Waals surface area contributed by atoms with Gasteiger partial charge in [0, 0.05) is 18.3 Å². The van der Waals surface area contributed by atoms with Gasteiger partial charge in [-0.2, -0.15) is 0 Å². The summed E-state index contributed by atoms with van der Waals surface area (Å²) >= 11 is 0. The highest BCUT2D eigenvalue weighted by Crippen LogP contribution is 2.16. The lowest BCUT2D eigenvalue weighted by atomic mass is 10.2. The molecule has 0 aliphatic rings. The van der Waals surface area contributed by atoms with Gasteiger partial charge in [0.15, 0.2) is 8.24 Å². The maximum atomic E-state index is 4.38. The van der Waals surface area contributed by atoms with Gasteiger partial charge in [-0.1, -0.05) is 33.5 Å². The molecule has 0 atom stereocenters. The van der Waals surface area contributed by atoms with Crippen LogP contribution in [0.15, 0.2) is 12.4 Å². The molecule has 0 saturated heterocycles. The van der Waals surface area contributed by atoms with Crippen LogP contribution in [-0.2, 0) is 0 Å². The van der Waals surface area contributed by atoms with E-state index in [-0.39, 0.29) is 0 Å². The molecule has 0 aromatic carbocycles. The van der Waals surface area contributed by atoms with E-state index in [1.807, 2.05) is 6.20 Å². The fourth-order valence-corrected chi connectivity index (χ4v) is 2.83. The standard InChI is InChI=1S/C9H18N2Si/c1-8(2)9-10-6-7-11(9)12(3,4)5/h6-8H,1-5H3. The van der Waals surface area contributed by atoms with Gasteiger partial charge in [0.05, 0.1) is 0 Å². The number of hydrogen-bond acceptors (Lipinski definition) is 1. The third kappa shape index (κ3) is 1.77. The maximum Gasteiger partial charge on any atom is 0.154 e. The second kappa shape index (κ2) is 3.05. The lowest BCUT2D eigenvalue weighted by Crippen LogP contribution is -2.33. The smallest absolute Gasteiger partial charge is 0.154 e. The van der Waals surface area contributed by atoms with Gasteiger partial charge in [0.25, 0.3) is 0 Å². The molecular weight excluding hydrogens is 164 g/mol. The zero-order valence-electron chi connectivity index (χ0n) is 8.63. The van der Waals surface area contributed by atoms with Crippen LogP contribution in [0.25, 0.3) is 0 Å². The topological polar surface area (TPSA) is 17.8 Å². The van der Waals surface area contributed by atoms with Crippen molar-refractivity contribution in [1.82, 2.24) is 9.22 Å². The molecule has 2 nitrogen and oxygen atoms in total. The molecule has 0 aliphatic heterocycles. The van der Waals surface area contributed by atoms with Gasteiger partial charge >= 0.3 is 0 Å². The Kier molecular flexibility index (Phi) is 2.42. The van der Waals surface area contributed by atoms with Crippen molar-refractivity contribution in [3.8, 4) is 0 Å². The van der Waals surface area contributed by atoms with Gasteiger partial charge < -0.3 is 4.23 Å². The van der Waals surface area contributed by atoms with Crippen molar-refractivity contribution in [2.75, 3.05) is 0 Å². The normalized spacial score (nSPS) is 12.5. The average Bonchev–Trinajstić information content (AvgIpc) is 2.30. The van der Waals surface area contributed by atoms with E-state index >= 15 is 0 Å². The molecule has 0 amide bonds. The SMILES string of the molecule is CC(C)c1nccn1[Si](C)(C)C. The minimum absolute atomic E-state index is 0.534. The molecule has 0 aliphatic carbocycles. The van der Waals surface area contributed by atoms with Crippen LogP contribution in [0.1, 0.15) is 25.6 Å². The number of hydrogen-bond donors (Lipinski definition) is 0. The zero-order valence-corrected chi connectivity index (χ0v) is 9.63. The van der Waals surface area contributed by atoms with Crippen molar-refractivity contribution in [2.45, 2.75) is 39.4 Å². The predicted molar refractivity (Wildman–Crippen MR) is 55.1 cm³/mol. The minimum Gasteiger partial charge on any atom is -0.362 e. The Bertz CT molecular complexity index is 258. The Labute approximate surface area is 75.7 Å². The van der Waals surface area contributed by atoms with Crippen LogP contribution < -0.4 is 0 Å². The third-order valence-corrected chi connectivity index (χ3v) is 3.73. The highest BCUT2D eigenvalue weighted by atomic mass is 28.3. The first kappa shape index (κ1) is 9.51. The summed E-state index contributed by atoms with van der Waals surface area (Å²) in [5.41, 5.74) is 0. The Morgan fingerprint density at radius 2 is 1.92 bits per heavy atom. The summed E-state index contributed by atoms with van der Waals surface area (Å²) in [6.45, 7) is 11.4. The Morgan fingerprint density at radius 1 is 1.33 bits per heavy atom. The van der Waals surface area contributed by atoms with E-state index in [0.29, 0.717) is 5.92 Å². The summed E-state index contributed by atoms with van der Waals surface area (Å²) in [6, 6.07) is 0. The van der Waals surface area contributed by atoms with E-state index in [1.165, 1.54) is 5.82 Å². The van der Waals surface area contributed by atoms with Crippen molar-refractivity contribution in [1.29, 1.82) is 0 Å². The van der Waals surface area contributed by atoms with Crippen LogP contribution in [0.5, 0.6) is 0 Å². The number of imidazole rings is 1. The summed E-state index contributed by atoms with van der Waals surface area (Å²) in [5, 5.41) is 0. The lowest BCUT2D eigenvalue weighted by Gasteiger charge is -2.22. The van der Waals surface area contributed by atoms with E-state index in [9.17, 15) is 0 Å². The van der Waals surface area contributed by atoms with Crippen LogP contribution >= 0.6 is 0 Å². The van der Waals surface area contributed by atoms with E-state index in [1.54, 1.807) is 0 Å². The summed E-state index contributed by atoms with van der Waals surface area (Å²) in [5.74, 6) is 1.76. The molecule has 3 heteroatoms. The molecule has 1 aromatic rings. The van der Waals surface area contributed by atoms with Gasteiger partial charge in [-0.05, 0) is 0 Å². The zero-order chi connectivity index (χ0) is 9.35. The molecule has 1 rings (SSSR count). The van der Waals surface area contributed by atoms with E-state index in [4.69, 9.17) is 0 Å². The fraction of sp³-hybridized carbons (Fsp3) is 0.667. The van der Waals surface area contributed by atoms with Gasteiger partial charge in [0.1, 0.15) is 5.82 Å². The summed E-state index contributed by atoms with van der Waals surface area (Å²) in [6.07, 6.45) is 4.02. The van der Waals surface area contributed by atoms with Gasteiger partial charge in [-0.3, -0.25) is 0 Å². The highest BCUT2D eigenvalue weighted by Gasteiger charge is 2.20. The summed E-state index contributed by atoms with van der Waals surface area (Å²) in [4.78, 5) is 4.38. The third-order valence-electron chi connectivity index (χ3n) is 1.91. The second-order valence-corrected chi connectivity index (χ2v) is 9.30. The fourth-order valence-electron chi connectivity index (χ4n) is 1.31. The Balaban J connectivity index is 3.08. The number of aromatic nitrogens is 2. The van der Waals surface area contributed by atoms with Crippen LogP contribution in [0.2, 0.25) is 19.6 Å². The quantitative estimate of drug-likeness (QED) is 0.643. The molecule has 1 heterocycles.